The predicted octanol–water partition coefficient (Wildman–Crippen LogP) is 2.92. The van der Waals surface area contributed by atoms with Crippen molar-refractivity contribution in [2.24, 2.45) is 0 Å². The fourth-order valence-electron chi connectivity index (χ4n) is 2.41. The Morgan fingerprint density at radius 2 is 1.75 bits per heavy atom. The third kappa shape index (κ3) is 2.27. The van der Waals surface area contributed by atoms with E-state index in [0.29, 0.717) is 6.61 Å². The van der Waals surface area contributed by atoms with Gasteiger partial charge in [-0.1, -0.05) is 0 Å². The lowest BCUT2D eigenvalue weighted by molar-refractivity contribution is 0.103. The molecule has 20 heavy (non-hydrogen) atoms. The number of hydrogen-bond acceptors (Lipinski definition) is 3. The Labute approximate surface area is 118 Å². The van der Waals surface area contributed by atoms with Crippen molar-refractivity contribution in [3.8, 4) is 5.75 Å². The molecule has 0 saturated heterocycles. The average Bonchev–Trinajstić information content (AvgIpc) is 2.94. The summed E-state index contributed by atoms with van der Waals surface area (Å²) in [6.45, 7) is 0.713. The van der Waals surface area contributed by atoms with E-state index in [-0.39, 0.29) is 5.78 Å². The SMILES string of the molecule is CN(C)c1ccc(C(=O)c2ccc3c(c2)CCO3)cc1. The summed E-state index contributed by atoms with van der Waals surface area (Å²) in [7, 11) is 3.97. The number of carbonyl (C=O) groups excluding carboxylic acids is 1. The molecule has 0 amide bonds. The molecule has 3 heteroatoms. The fourth-order valence-corrected chi connectivity index (χ4v) is 2.41. The van der Waals surface area contributed by atoms with Crippen molar-refractivity contribution in [3.05, 3.63) is 59.2 Å². The molecular weight excluding hydrogens is 250 g/mol. The number of ketones is 1. The molecule has 0 bridgehead atoms. The first-order valence-electron chi connectivity index (χ1n) is 6.73. The predicted molar refractivity (Wildman–Crippen MR) is 79.8 cm³/mol. The Bertz CT molecular complexity index is 645. The van der Waals surface area contributed by atoms with Gasteiger partial charge >= 0.3 is 0 Å². The number of nitrogens with zero attached hydrogens (tertiary/aromatic N) is 1. The van der Waals surface area contributed by atoms with Crippen LogP contribution in [0.4, 0.5) is 5.69 Å². The van der Waals surface area contributed by atoms with E-state index in [1.807, 2.05) is 61.5 Å². The molecule has 1 aliphatic heterocycles. The standard InChI is InChI=1S/C17H17NO2/c1-18(2)15-6-3-12(4-7-15)17(19)14-5-8-16-13(11-14)9-10-20-16/h3-8,11H,9-10H2,1-2H3. The third-order valence-electron chi connectivity index (χ3n) is 3.60. The number of carbonyl (C=O) groups is 1. The highest BCUT2D eigenvalue weighted by Crippen LogP contribution is 2.27. The van der Waals surface area contributed by atoms with E-state index in [1.165, 1.54) is 0 Å². The second-order valence-electron chi connectivity index (χ2n) is 5.19. The minimum atomic E-state index is 0.0602. The van der Waals surface area contributed by atoms with Gasteiger partial charge in [0.2, 0.25) is 0 Å². The molecule has 3 rings (SSSR count). The first-order chi connectivity index (χ1) is 9.65. The van der Waals surface area contributed by atoms with Gasteiger partial charge in [0.25, 0.3) is 0 Å². The van der Waals surface area contributed by atoms with Crippen molar-refractivity contribution in [2.75, 3.05) is 25.6 Å². The van der Waals surface area contributed by atoms with Crippen molar-refractivity contribution in [2.45, 2.75) is 6.42 Å². The monoisotopic (exact) mass is 267 g/mol. The van der Waals surface area contributed by atoms with Crippen LogP contribution < -0.4 is 9.64 Å². The lowest BCUT2D eigenvalue weighted by Gasteiger charge is -2.12. The summed E-state index contributed by atoms with van der Waals surface area (Å²) in [6.07, 6.45) is 0.885. The van der Waals surface area contributed by atoms with Crippen LogP contribution in [0.2, 0.25) is 0 Å². The van der Waals surface area contributed by atoms with E-state index >= 15 is 0 Å². The van der Waals surface area contributed by atoms with Crippen molar-refractivity contribution in [3.63, 3.8) is 0 Å². The molecule has 0 atom stereocenters. The van der Waals surface area contributed by atoms with Crippen LogP contribution in [0.3, 0.4) is 0 Å². The van der Waals surface area contributed by atoms with Gasteiger partial charge in [-0.2, -0.15) is 0 Å². The van der Waals surface area contributed by atoms with Crippen LogP contribution in [-0.4, -0.2) is 26.5 Å². The van der Waals surface area contributed by atoms with Gasteiger partial charge in [-0.05, 0) is 48.0 Å². The van der Waals surface area contributed by atoms with Crippen LogP contribution in [0.25, 0.3) is 0 Å². The quantitative estimate of drug-likeness (QED) is 0.801. The third-order valence-corrected chi connectivity index (χ3v) is 3.60. The van der Waals surface area contributed by atoms with Crippen LogP contribution >= 0.6 is 0 Å². The van der Waals surface area contributed by atoms with Gasteiger partial charge in [-0.3, -0.25) is 4.79 Å². The number of anilines is 1. The average molecular weight is 267 g/mol. The normalized spacial score (nSPS) is 12.7. The van der Waals surface area contributed by atoms with E-state index in [0.717, 1.165) is 34.5 Å². The summed E-state index contributed by atoms with van der Waals surface area (Å²) in [6, 6.07) is 13.4. The molecule has 3 nitrogen and oxygen atoms in total. The first-order valence-corrected chi connectivity index (χ1v) is 6.73. The van der Waals surface area contributed by atoms with Crippen molar-refractivity contribution < 1.29 is 9.53 Å². The van der Waals surface area contributed by atoms with Gasteiger partial charge in [0.15, 0.2) is 5.78 Å². The maximum atomic E-state index is 12.5. The number of benzene rings is 2. The van der Waals surface area contributed by atoms with Gasteiger partial charge in [-0.25, -0.2) is 0 Å². The number of hydrogen-bond donors (Lipinski definition) is 0. The van der Waals surface area contributed by atoms with Gasteiger partial charge in [0.1, 0.15) is 5.75 Å². The molecule has 2 aromatic carbocycles. The molecule has 0 radical (unpaired) electrons. The van der Waals surface area contributed by atoms with Crippen molar-refractivity contribution >= 4 is 11.5 Å². The molecule has 1 heterocycles. The molecule has 0 spiro atoms. The highest BCUT2D eigenvalue weighted by atomic mass is 16.5. The minimum Gasteiger partial charge on any atom is -0.493 e. The molecule has 0 aromatic heterocycles. The topological polar surface area (TPSA) is 29.5 Å². The molecule has 0 unspecified atom stereocenters. The molecule has 102 valence electrons. The Morgan fingerprint density at radius 3 is 2.45 bits per heavy atom. The summed E-state index contributed by atoms with van der Waals surface area (Å²) in [4.78, 5) is 14.5. The number of fused-ring (bicyclic) bond motifs is 1. The molecular formula is C17H17NO2. The zero-order valence-electron chi connectivity index (χ0n) is 11.7. The Balaban J connectivity index is 1.88. The smallest absolute Gasteiger partial charge is 0.193 e. The second kappa shape index (κ2) is 5.00. The summed E-state index contributed by atoms with van der Waals surface area (Å²) < 4.78 is 5.46. The van der Waals surface area contributed by atoms with Crippen LogP contribution in [0.15, 0.2) is 42.5 Å². The second-order valence-corrected chi connectivity index (χ2v) is 5.19. The molecule has 0 saturated carbocycles. The molecule has 0 N–H and O–H groups in total. The maximum absolute atomic E-state index is 12.5. The Kier molecular flexibility index (Phi) is 3.18. The minimum absolute atomic E-state index is 0.0602. The van der Waals surface area contributed by atoms with E-state index in [1.54, 1.807) is 0 Å². The highest BCUT2D eigenvalue weighted by molar-refractivity contribution is 6.09. The fraction of sp³-hybridized carbons (Fsp3) is 0.235. The zero-order valence-corrected chi connectivity index (χ0v) is 11.7. The van der Waals surface area contributed by atoms with E-state index < -0.39 is 0 Å². The summed E-state index contributed by atoms with van der Waals surface area (Å²) in [5.74, 6) is 0.967. The number of rotatable bonds is 3. The largest absolute Gasteiger partial charge is 0.493 e. The summed E-state index contributed by atoms with van der Waals surface area (Å²) in [5, 5.41) is 0. The molecule has 2 aromatic rings. The van der Waals surface area contributed by atoms with Gasteiger partial charge in [0.05, 0.1) is 6.61 Å². The van der Waals surface area contributed by atoms with Crippen LogP contribution in [0, 0.1) is 0 Å². The van der Waals surface area contributed by atoms with Crippen LogP contribution in [0.5, 0.6) is 5.75 Å². The maximum Gasteiger partial charge on any atom is 0.193 e. The molecule has 1 aliphatic rings. The van der Waals surface area contributed by atoms with Crippen molar-refractivity contribution in [1.29, 1.82) is 0 Å². The van der Waals surface area contributed by atoms with E-state index in [4.69, 9.17) is 4.74 Å². The summed E-state index contributed by atoms with van der Waals surface area (Å²) >= 11 is 0. The van der Waals surface area contributed by atoms with E-state index in [9.17, 15) is 4.79 Å². The van der Waals surface area contributed by atoms with E-state index in [2.05, 4.69) is 0 Å². The highest BCUT2D eigenvalue weighted by Gasteiger charge is 2.16. The van der Waals surface area contributed by atoms with Crippen LogP contribution in [0.1, 0.15) is 21.5 Å². The van der Waals surface area contributed by atoms with Gasteiger partial charge < -0.3 is 9.64 Å². The Hall–Kier alpha value is -2.29. The van der Waals surface area contributed by atoms with Gasteiger partial charge in [0, 0.05) is 37.3 Å². The Morgan fingerprint density at radius 1 is 1.05 bits per heavy atom. The number of ether oxygens (including phenoxy) is 1. The summed E-state index contributed by atoms with van der Waals surface area (Å²) in [5.41, 5.74) is 3.66. The molecule has 0 fully saturated rings. The first kappa shape index (κ1) is 12.7. The molecule has 0 aliphatic carbocycles. The lowest BCUT2D eigenvalue weighted by atomic mass is 10.00. The van der Waals surface area contributed by atoms with Crippen LogP contribution in [-0.2, 0) is 6.42 Å². The van der Waals surface area contributed by atoms with Crippen molar-refractivity contribution in [1.82, 2.24) is 0 Å². The lowest BCUT2D eigenvalue weighted by Crippen LogP contribution is -2.09. The van der Waals surface area contributed by atoms with Gasteiger partial charge in [-0.15, -0.1) is 0 Å². The zero-order chi connectivity index (χ0) is 14.1.